The van der Waals surface area contributed by atoms with Crippen LogP contribution in [0, 0.1) is 10.1 Å². The van der Waals surface area contributed by atoms with E-state index in [-0.39, 0.29) is 36.1 Å². The molecule has 0 saturated carbocycles. The average Bonchev–Trinajstić information content (AvgIpc) is 3.33. The quantitative estimate of drug-likeness (QED) is 0.0942. The minimum atomic E-state index is -0.821. The summed E-state index contributed by atoms with van der Waals surface area (Å²) in [6, 6.07) is 14.3. The molecule has 3 aromatic carbocycles. The number of non-ortho nitro benzene ring substituents is 1. The zero-order valence-electron chi connectivity index (χ0n) is 26.6. The van der Waals surface area contributed by atoms with Gasteiger partial charge in [0.15, 0.2) is 16.3 Å². The summed E-state index contributed by atoms with van der Waals surface area (Å²) in [7, 11) is 1.54. The summed E-state index contributed by atoms with van der Waals surface area (Å²) >= 11 is 8.35. The predicted octanol–water partition coefficient (Wildman–Crippen LogP) is 6.61. The number of hydrogen-bond acceptors (Lipinski definition) is 10. The van der Waals surface area contributed by atoms with E-state index in [1.54, 1.807) is 44.2 Å². The van der Waals surface area contributed by atoms with Crippen molar-refractivity contribution < 1.29 is 28.7 Å². The van der Waals surface area contributed by atoms with E-state index in [2.05, 4.69) is 36.9 Å². The van der Waals surface area contributed by atoms with Crippen molar-refractivity contribution in [2.75, 3.05) is 13.7 Å². The van der Waals surface area contributed by atoms with Gasteiger partial charge in [0.2, 0.25) is 0 Å². The van der Waals surface area contributed by atoms with Crippen LogP contribution in [0.1, 0.15) is 50.4 Å². The van der Waals surface area contributed by atoms with Gasteiger partial charge < -0.3 is 18.9 Å². The molecule has 0 radical (unpaired) electrons. The Bertz CT molecular complexity index is 2080. The second-order valence-corrected chi connectivity index (χ2v) is 13.6. The molecule has 0 amide bonds. The lowest BCUT2D eigenvalue weighted by molar-refractivity contribution is -0.384. The van der Waals surface area contributed by atoms with Gasteiger partial charge >= 0.3 is 5.97 Å². The zero-order chi connectivity index (χ0) is 34.7. The fourth-order valence-electron chi connectivity index (χ4n) is 5.13. The first-order chi connectivity index (χ1) is 22.9. The van der Waals surface area contributed by atoms with Crippen molar-refractivity contribution in [3.05, 3.63) is 121 Å². The molecule has 0 fully saturated rings. The molecule has 0 bridgehead atoms. The standard InChI is InChI=1S/C34H31Br2N3O8S/c1-6-45-33(41)29-19(4)37-34-38(30(29)22-9-12-26(47-18(2)3)27(16-22)44-5)32(40)28(48-34)15-21-13-24(35)31(25(36)14-21)46-17-20-7-10-23(11-8-20)39(42)43/h7-16,18,30H,6,17H2,1-5H3/b28-15-/t30-/m1/s1. The third-order valence-electron chi connectivity index (χ3n) is 7.23. The highest BCUT2D eigenvalue weighted by Gasteiger charge is 2.34. The van der Waals surface area contributed by atoms with E-state index in [0.717, 1.165) is 5.56 Å². The topological polar surface area (TPSA) is 131 Å². The normalized spacial score (nSPS) is 14.4. The van der Waals surface area contributed by atoms with Gasteiger partial charge in [0.1, 0.15) is 12.4 Å². The number of ether oxygens (including phenoxy) is 4. The van der Waals surface area contributed by atoms with Crippen LogP contribution in [0.5, 0.6) is 17.2 Å². The molecule has 1 atom stereocenters. The van der Waals surface area contributed by atoms with Gasteiger partial charge in [0.25, 0.3) is 11.2 Å². The van der Waals surface area contributed by atoms with Gasteiger partial charge in [-0.2, -0.15) is 0 Å². The van der Waals surface area contributed by atoms with Gasteiger partial charge in [0, 0.05) is 12.1 Å². The number of nitrogens with zero attached hydrogens (tertiary/aromatic N) is 3. The summed E-state index contributed by atoms with van der Waals surface area (Å²) in [6.45, 7) is 7.62. The van der Waals surface area contributed by atoms with Crippen LogP contribution in [0.4, 0.5) is 5.69 Å². The van der Waals surface area contributed by atoms with Gasteiger partial charge in [-0.3, -0.25) is 19.5 Å². The first kappa shape index (κ1) is 35.0. The van der Waals surface area contributed by atoms with Crippen molar-refractivity contribution in [3.63, 3.8) is 0 Å². The number of carbonyl (C=O) groups excluding carboxylic acids is 1. The van der Waals surface area contributed by atoms with Crippen LogP contribution in [0.3, 0.4) is 0 Å². The van der Waals surface area contributed by atoms with E-state index in [9.17, 15) is 19.7 Å². The molecule has 2 heterocycles. The number of halogens is 2. The monoisotopic (exact) mass is 799 g/mol. The molecule has 0 unspecified atom stereocenters. The third-order valence-corrected chi connectivity index (χ3v) is 9.39. The Labute approximate surface area is 296 Å². The van der Waals surface area contributed by atoms with E-state index >= 15 is 0 Å². The zero-order valence-corrected chi connectivity index (χ0v) is 30.6. The third kappa shape index (κ3) is 7.40. The van der Waals surface area contributed by atoms with E-state index in [1.165, 1.54) is 35.1 Å². The molecular weight excluding hydrogens is 770 g/mol. The fourth-order valence-corrected chi connectivity index (χ4v) is 7.63. The molecule has 0 saturated heterocycles. The number of methoxy groups -OCH3 is 1. The summed E-state index contributed by atoms with van der Waals surface area (Å²) in [4.78, 5) is 43.0. The number of benzene rings is 3. The first-order valence-corrected chi connectivity index (χ1v) is 17.2. The van der Waals surface area contributed by atoms with E-state index in [0.29, 0.717) is 52.4 Å². The minimum absolute atomic E-state index is 0.00297. The maximum atomic E-state index is 14.1. The van der Waals surface area contributed by atoms with E-state index in [1.807, 2.05) is 32.0 Å². The molecule has 5 rings (SSSR count). The average molecular weight is 802 g/mol. The highest BCUT2D eigenvalue weighted by molar-refractivity contribution is 9.11. The molecule has 0 spiro atoms. The lowest BCUT2D eigenvalue weighted by Crippen LogP contribution is -2.40. The smallest absolute Gasteiger partial charge is 0.338 e. The number of nitro groups is 1. The van der Waals surface area contributed by atoms with Crippen LogP contribution < -0.4 is 29.1 Å². The molecule has 4 aromatic rings. The molecular formula is C34H31Br2N3O8S. The highest BCUT2D eigenvalue weighted by Crippen LogP contribution is 2.37. The van der Waals surface area contributed by atoms with Crippen molar-refractivity contribution in [2.24, 2.45) is 4.99 Å². The molecule has 1 aromatic heterocycles. The van der Waals surface area contributed by atoms with Gasteiger partial charge in [0.05, 0.1) is 55.5 Å². The Balaban J connectivity index is 1.54. The summed E-state index contributed by atoms with van der Waals surface area (Å²) in [6.07, 6.45) is 1.66. The Morgan fingerprint density at radius 1 is 1.10 bits per heavy atom. The molecule has 11 nitrogen and oxygen atoms in total. The fraction of sp³-hybridized carbons (Fsp3) is 0.265. The molecule has 0 N–H and O–H groups in total. The first-order valence-electron chi connectivity index (χ1n) is 14.8. The Morgan fingerprint density at radius 2 is 1.79 bits per heavy atom. The van der Waals surface area contributed by atoms with Crippen LogP contribution in [0.2, 0.25) is 0 Å². The number of thiazole rings is 1. The van der Waals surface area contributed by atoms with Crippen molar-refractivity contribution in [1.29, 1.82) is 0 Å². The van der Waals surface area contributed by atoms with Crippen LogP contribution in [0.15, 0.2) is 84.6 Å². The number of fused-ring (bicyclic) bond motifs is 1. The predicted molar refractivity (Wildman–Crippen MR) is 188 cm³/mol. The molecule has 1 aliphatic rings. The number of esters is 1. The number of rotatable bonds is 11. The number of aromatic nitrogens is 1. The second-order valence-electron chi connectivity index (χ2n) is 10.9. The van der Waals surface area contributed by atoms with Crippen molar-refractivity contribution in [2.45, 2.75) is 46.4 Å². The van der Waals surface area contributed by atoms with Gasteiger partial charge in [-0.05, 0) is 119 Å². The van der Waals surface area contributed by atoms with Crippen LogP contribution in [-0.4, -0.2) is 35.3 Å². The number of hydrogen-bond donors (Lipinski definition) is 0. The Kier molecular flexibility index (Phi) is 10.9. The minimum Gasteiger partial charge on any atom is -0.493 e. The molecule has 0 aliphatic carbocycles. The summed E-state index contributed by atoms with van der Waals surface area (Å²) < 4.78 is 26.1. The lowest BCUT2D eigenvalue weighted by atomic mass is 9.95. The SMILES string of the molecule is CCOC(=O)C1=C(C)N=c2s/c(=C\c3cc(Br)c(OCc4ccc([N+](=O)[O-])cc4)c(Br)c3)c(=O)n2[C@@H]1c1ccc(OC(C)C)c(OC)c1. The molecule has 1 aliphatic heterocycles. The summed E-state index contributed by atoms with van der Waals surface area (Å²) in [5.74, 6) is 0.974. The molecule has 48 heavy (non-hydrogen) atoms. The van der Waals surface area contributed by atoms with Crippen LogP contribution >= 0.6 is 43.2 Å². The van der Waals surface area contributed by atoms with Crippen molar-refractivity contribution in [3.8, 4) is 17.2 Å². The molecule has 14 heteroatoms. The van der Waals surface area contributed by atoms with Crippen LogP contribution in [-0.2, 0) is 16.1 Å². The molecule has 250 valence electrons. The number of allylic oxidation sites excluding steroid dienone is 1. The summed E-state index contributed by atoms with van der Waals surface area (Å²) in [5, 5.41) is 11.0. The second kappa shape index (κ2) is 14.9. The maximum Gasteiger partial charge on any atom is 0.338 e. The van der Waals surface area contributed by atoms with E-state index in [4.69, 9.17) is 18.9 Å². The van der Waals surface area contributed by atoms with Gasteiger partial charge in [-0.25, -0.2) is 9.79 Å². The van der Waals surface area contributed by atoms with Gasteiger partial charge in [-0.1, -0.05) is 17.4 Å². The Hall–Kier alpha value is -4.27. The number of nitro benzene ring substituents is 1. The Morgan fingerprint density at radius 3 is 2.40 bits per heavy atom. The van der Waals surface area contributed by atoms with Crippen LogP contribution in [0.25, 0.3) is 6.08 Å². The maximum absolute atomic E-state index is 14.1. The van der Waals surface area contributed by atoms with Crippen molar-refractivity contribution >= 4 is 60.9 Å². The lowest BCUT2D eigenvalue weighted by Gasteiger charge is -2.25. The van der Waals surface area contributed by atoms with Gasteiger partial charge in [-0.15, -0.1) is 0 Å². The highest BCUT2D eigenvalue weighted by atomic mass is 79.9. The van der Waals surface area contributed by atoms with Crippen molar-refractivity contribution in [1.82, 2.24) is 4.57 Å². The largest absolute Gasteiger partial charge is 0.493 e. The summed E-state index contributed by atoms with van der Waals surface area (Å²) in [5.41, 5.74) is 2.48. The van der Waals surface area contributed by atoms with E-state index < -0.39 is 16.9 Å². The number of carbonyl (C=O) groups is 1.